The number of nitrogens with one attached hydrogen (secondary N) is 1. The number of carbonyl (C=O) groups excluding carboxylic acids is 1. The summed E-state index contributed by atoms with van der Waals surface area (Å²) in [6.07, 6.45) is 6.46. The minimum absolute atomic E-state index is 0.105. The van der Waals surface area contributed by atoms with E-state index in [0.29, 0.717) is 5.69 Å². The first-order valence-electron chi connectivity index (χ1n) is 9.06. The first kappa shape index (κ1) is 16.6. The Morgan fingerprint density at radius 3 is 2.86 bits per heavy atom. The van der Waals surface area contributed by atoms with Crippen LogP contribution in [0.2, 0.25) is 0 Å². The van der Waals surface area contributed by atoms with Crippen LogP contribution in [0, 0.1) is 0 Å². The molecule has 2 aromatic heterocycles. The van der Waals surface area contributed by atoms with Crippen molar-refractivity contribution in [3.63, 3.8) is 0 Å². The minimum atomic E-state index is -0.436. The van der Waals surface area contributed by atoms with Crippen molar-refractivity contribution in [2.24, 2.45) is 0 Å². The number of fused-ring (bicyclic) bond motifs is 3. The molecule has 28 heavy (non-hydrogen) atoms. The Morgan fingerprint density at radius 1 is 1.14 bits per heavy atom. The Labute approximate surface area is 160 Å². The van der Waals surface area contributed by atoms with E-state index in [-0.39, 0.29) is 24.0 Å². The van der Waals surface area contributed by atoms with E-state index in [4.69, 9.17) is 9.47 Å². The maximum atomic E-state index is 13.1. The van der Waals surface area contributed by atoms with Crippen LogP contribution in [0.5, 0.6) is 11.5 Å². The van der Waals surface area contributed by atoms with Gasteiger partial charge in [-0.3, -0.25) is 14.6 Å². The van der Waals surface area contributed by atoms with Crippen LogP contribution < -0.4 is 20.3 Å². The van der Waals surface area contributed by atoms with Crippen LogP contribution in [-0.2, 0) is 6.42 Å². The summed E-state index contributed by atoms with van der Waals surface area (Å²) in [6.45, 7) is 0.223. The largest absolute Gasteiger partial charge is 0.454 e. The predicted molar refractivity (Wildman–Crippen MR) is 102 cm³/mol. The van der Waals surface area contributed by atoms with Crippen molar-refractivity contribution in [2.45, 2.75) is 18.9 Å². The SMILES string of the molecule is O=C(Nc1ccncc1)c1cccn(C2CCc3c2ccc2c3OCO2)c1=O. The highest BCUT2D eigenvalue weighted by atomic mass is 16.7. The number of carbonyl (C=O) groups is 1. The van der Waals surface area contributed by atoms with Crippen molar-refractivity contribution in [1.82, 2.24) is 9.55 Å². The average molecular weight is 375 g/mol. The van der Waals surface area contributed by atoms with Crippen molar-refractivity contribution in [3.8, 4) is 11.5 Å². The quantitative estimate of drug-likeness (QED) is 0.761. The molecule has 0 spiro atoms. The first-order valence-corrected chi connectivity index (χ1v) is 9.06. The normalized spacial score (nSPS) is 16.6. The molecule has 0 fully saturated rings. The lowest BCUT2D eigenvalue weighted by Gasteiger charge is -2.17. The van der Waals surface area contributed by atoms with Crippen LogP contribution in [0.25, 0.3) is 0 Å². The number of hydrogen-bond acceptors (Lipinski definition) is 5. The summed E-state index contributed by atoms with van der Waals surface area (Å²) in [5.74, 6) is 1.09. The number of hydrogen-bond donors (Lipinski definition) is 1. The van der Waals surface area contributed by atoms with E-state index in [1.165, 1.54) is 0 Å². The van der Waals surface area contributed by atoms with Crippen molar-refractivity contribution < 1.29 is 14.3 Å². The third kappa shape index (κ3) is 2.63. The Kier molecular flexibility index (Phi) is 3.86. The number of benzene rings is 1. The molecule has 1 amide bonds. The highest BCUT2D eigenvalue weighted by Gasteiger charge is 2.31. The van der Waals surface area contributed by atoms with Crippen LogP contribution in [0.4, 0.5) is 5.69 Å². The van der Waals surface area contributed by atoms with Gasteiger partial charge in [0.1, 0.15) is 5.56 Å². The van der Waals surface area contributed by atoms with Gasteiger partial charge in [-0.25, -0.2) is 0 Å². The lowest BCUT2D eigenvalue weighted by molar-refractivity contribution is 0.102. The van der Waals surface area contributed by atoms with Crippen molar-refractivity contribution in [3.05, 3.63) is 82.0 Å². The molecular weight excluding hydrogens is 358 g/mol. The van der Waals surface area contributed by atoms with Crippen LogP contribution in [-0.4, -0.2) is 22.3 Å². The van der Waals surface area contributed by atoms with Gasteiger partial charge in [-0.05, 0) is 48.7 Å². The fourth-order valence-electron chi connectivity index (χ4n) is 3.90. The second-order valence-electron chi connectivity index (χ2n) is 6.75. The van der Waals surface area contributed by atoms with E-state index in [2.05, 4.69) is 10.3 Å². The van der Waals surface area contributed by atoms with E-state index < -0.39 is 5.91 Å². The summed E-state index contributed by atoms with van der Waals surface area (Å²) in [7, 11) is 0. The molecule has 7 nitrogen and oxygen atoms in total. The van der Waals surface area contributed by atoms with Gasteiger partial charge < -0.3 is 19.4 Å². The number of pyridine rings is 2. The zero-order valence-corrected chi connectivity index (χ0v) is 14.9. The van der Waals surface area contributed by atoms with E-state index in [9.17, 15) is 9.59 Å². The molecule has 140 valence electrons. The van der Waals surface area contributed by atoms with Gasteiger partial charge in [0, 0.05) is 29.8 Å². The maximum absolute atomic E-state index is 13.1. The number of nitrogens with zero attached hydrogens (tertiary/aromatic N) is 2. The fourth-order valence-corrected chi connectivity index (χ4v) is 3.90. The Hall–Kier alpha value is -3.61. The molecule has 0 bridgehead atoms. The molecule has 0 saturated carbocycles. The molecule has 1 aliphatic carbocycles. The number of anilines is 1. The summed E-state index contributed by atoms with van der Waals surface area (Å²) >= 11 is 0. The molecule has 5 rings (SSSR count). The molecule has 1 atom stereocenters. The van der Waals surface area contributed by atoms with Gasteiger partial charge in [-0.15, -0.1) is 0 Å². The number of rotatable bonds is 3. The molecule has 0 radical (unpaired) electrons. The van der Waals surface area contributed by atoms with Crippen molar-refractivity contribution >= 4 is 11.6 Å². The topological polar surface area (TPSA) is 82.5 Å². The summed E-state index contributed by atoms with van der Waals surface area (Å²) < 4.78 is 12.7. The molecule has 0 saturated heterocycles. The molecule has 3 aromatic rings. The van der Waals surface area contributed by atoms with Crippen LogP contribution in [0.3, 0.4) is 0 Å². The van der Waals surface area contributed by atoms with E-state index in [0.717, 1.165) is 35.5 Å². The Bertz CT molecular complexity index is 1120. The van der Waals surface area contributed by atoms with Crippen LogP contribution in [0.1, 0.15) is 33.9 Å². The molecular formula is C21H17N3O4. The van der Waals surface area contributed by atoms with Gasteiger partial charge >= 0.3 is 0 Å². The molecule has 2 aliphatic rings. The highest BCUT2D eigenvalue weighted by Crippen LogP contribution is 2.45. The zero-order chi connectivity index (χ0) is 19.1. The van der Waals surface area contributed by atoms with Gasteiger partial charge in [0.15, 0.2) is 11.5 Å². The third-order valence-electron chi connectivity index (χ3n) is 5.20. The standard InChI is InChI=1S/C21H17N3O4/c25-20(23-13-7-9-22-10-8-13)16-2-1-11-24(21(16)26)17-5-3-15-14(17)4-6-18-19(15)28-12-27-18/h1-2,4,6-11,17H,3,5,12H2,(H,22,23,25). The van der Waals surface area contributed by atoms with Crippen molar-refractivity contribution in [2.75, 3.05) is 12.1 Å². The second-order valence-corrected chi connectivity index (χ2v) is 6.75. The number of amides is 1. The molecule has 1 unspecified atom stereocenters. The summed E-state index contributed by atoms with van der Waals surface area (Å²) in [5, 5.41) is 2.74. The first-order chi connectivity index (χ1) is 13.7. The van der Waals surface area contributed by atoms with Crippen LogP contribution >= 0.6 is 0 Å². The van der Waals surface area contributed by atoms with Gasteiger partial charge in [-0.2, -0.15) is 0 Å². The molecule has 7 heteroatoms. The lowest BCUT2D eigenvalue weighted by Crippen LogP contribution is -2.30. The Morgan fingerprint density at radius 2 is 2.00 bits per heavy atom. The van der Waals surface area contributed by atoms with Crippen molar-refractivity contribution in [1.29, 1.82) is 0 Å². The average Bonchev–Trinajstić information content (AvgIpc) is 3.35. The maximum Gasteiger partial charge on any atom is 0.263 e. The molecule has 3 heterocycles. The number of aromatic nitrogens is 2. The summed E-state index contributed by atoms with van der Waals surface area (Å²) in [6, 6.07) is 10.4. The van der Waals surface area contributed by atoms with Gasteiger partial charge in [-0.1, -0.05) is 6.07 Å². The molecule has 1 aromatic carbocycles. The monoisotopic (exact) mass is 375 g/mol. The number of ether oxygens (including phenoxy) is 2. The highest BCUT2D eigenvalue weighted by molar-refractivity contribution is 6.03. The predicted octanol–water partition coefficient (Wildman–Crippen LogP) is 2.76. The van der Waals surface area contributed by atoms with E-state index >= 15 is 0 Å². The van der Waals surface area contributed by atoms with Gasteiger partial charge in [0.2, 0.25) is 6.79 Å². The zero-order valence-electron chi connectivity index (χ0n) is 14.9. The van der Waals surface area contributed by atoms with Gasteiger partial charge in [0.25, 0.3) is 11.5 Å². The lowest BCUT2D eigenvalue weighted by atomic mass is 10.1. The second kappa shape index (κ2) is 6.53. The van der Waals surface area contributed by atoms with E-state index in [1.807, 2.05) is 12.1 Å². The Balaban J connectivity index is 1.50. The smallest absolute Gasteiger partial charge is 0.263 e. The molecule has 1 N–H and O–H groups in total. The molecule has 1 aliphatic heterocycles. The van der Waals surface area contributed by atoms with Crippen LogP contribution in [0.15, 0.2) is 59.8 Å². The van der Waals surface area contributed by atoms with E-state index in [1.54, 1.807) is 47.4 Å². The minimum Gasteiger partial charge on any atom is -0.454 e. The summed E-state index contributed by atoms with van der Waals surface area (Å²) in [5.41, 5.74) is 2.50. The summed E-state index contributed by atoms with van der Waals surface area (Å²) in [4.78, 5) is 29.6. The fraction of sp³-hybridized carbons (Fsp3) is 0.190. The third-order valence-corrected chi connectivity index (χ3v) is 5.20. The van der Waals surface area contributed by atoms with Gasteiger partial charge in [0.05, 0.1) is 6.04 Å².